The van der Waals surface area contributed by atoms with E-state index in [2.05, 4.69) is 32.7 Å². The highest BCUT2D eigenvalue weighted by Gasteiger charge is 2.10. The fourth-order valence-corrected chi connectivity index (χ4v) is 3.28. The SMILES string of the molecule is Cc1ccc(C(=O)NC(=NCCc2c[nH]c3ccccc23)Nc2ccccc2)cc1. The van der Waals surface area contributed by atoms with Crippen LogP contribution in [0.1, 0.15) is 21.5 Å². The molecule has 0 bridgehead atoms. The molecule has 3 N–H and O–H groups in total. The molecule has 3 aromatic carbocycles. The number of hydrogen-bond donors (Lipinski definition) is 3. The van der Waals surface area contributed by atoms with Gasteiger partial charge in [-0.3, -0.25) is 15.1 Å². The average Bonchev–Trinajstić information content (AvgIpc) is 3.18. The highest BCUT2D eigenvalue weighted by molar-refractivity contribution is 6.10. The van der Waals surface area contributed by atoms with E-state index < -0.39 is 0 Å². The zero-order chi connectivity index (χ0) is 20.8. The number of nitrogens with zero attached hydrogens (tertiary/aromatic N) is 1. The normalized spacial score (nSPS) is 11.4. The third-order valence-electron chi connectivity index (χ3n) is 4.91. The number of rotatable bonds is 5. The first kappa shape index (κ1) is 19.5. The minimum atomic E-state index is -0.190. The van der Waals surface area contributed by atoms with E-state index in [0.717, 1.165) is 23.2 Å². The molecule has 5 nitrogen and oxygen atoms in total. The Balaban J connectivity index is 1.50. The molecule has 0 atom stereocenters. The van der Waals surface area contributed by atoms with Crippen molar-refractivity contribution >= 4 is 28.5 Å². The smallest absolute Gasteiger partial charge is 0.257 e. The second-order valence-electron chi connectivity index (χ2n) is 7.15. The fraction of sp³-hybridized carbons (Fsp3) is 0.120. The number of H-pyrrole nitrogens is 1. The monoisotopic (exact) mass is 396 g/mol. The lowest BCUT2D eigenvalue weighted by atomic mass is 10.1. The van der Waals surface area contributed by atoms with Crippen molar-refractivity contribution in [3.63, 3.8) is 0 Å². The Morgan fingerprint density at radius 1 is 0.933 bits per heavy atom. The van der Waals surface area contributed by atoms with Crippen LogP contribution in [0.4, 0.5) is 5.69 Å². The highest BCUT2D eigenvalue weighted by atomic mass is 16.1. The van der Waals surface area contributed by atoms with Crippen LogP contribution in [0.5, 0.6) is 0 Å². The van der Waals surface area contributed by atoms with Gasteiger partial charge in [0, 0.05) is 34.9 Å². The molecule has 1 aromatic heterocycles. The highest BCUT2D eigenvalue weighted by Crippen LogP contribution is 2.18. The number of carbonyl (C=O) groups is 1. The van der Waals surface area contributed by atoms with E-state index in [-0.39, 0.29) is 5.91 Å². The molecule has 0 saturated heterocycles. The van der Waals surface area contributed by atoms with Crippen LogP contribution in [0.2, 0.25) is 0 Å². The maximum absolute atomic E-state index is 12.7. The van der Waals surface area contributed by atoms with Gasteiger partial charge in [0.2, 0.25) is 5.96 Å². The summed E-state index contributed by atoms with van der Waals surface area (Å²) in [4.78, 5) is 20.6. The molecular formula is C25H24N4O. The van der Waals surface area contributed by atoms with E-state index in [1.54, 1.807) is 0 Å². The molecule has 0 aliphatic carbocycles. The molecule has 30 heavy (non-hydrogen) atoms. The van der Waals surface area contributed by atoms with Crippen LogP contribution in [-0.2, 0) is 6.42 Å². The number of nitrogens with one attached hydrogen (secondary N) is 3. The number of benzene rings is 3. The summed E-state index contributed by atoms with van der Waals surface area (Å²) in [5.74, 6) is 0.246. The van der Waals surface area contributed by atoms with Crippen molar-refractivity contribution in [2.45, 2.75) is 13.3 Å². The molecule has 0 spiro atoms. The first-order valence-electron chi connectivity index (χ1n) is 9.98. The molecule has 0 saturated carbocycles. The summed E-state index contributed by atoms with van der Waals surface area (Å²) in [6.07, 6.45) is 2.79. The molecule has 0 aliphatic heterocycles. The molecule has 4 rings (SSSR count). The second kappa shape index (κ2) is 9.09. The van der Waals surface area contributed by atoms with Crippen LogP contribution in [0.25, 0.3) is 10.9 Å². The number of aromatic nitrogens is 1. The van der Waals surface area contributed by atoms with Gasteiger partial charge < -0.3 is 10.3 Å². The van der Waals surface area contributed by atoms with Gasteiger partial charge in [0.05, 0.1) is 0 Å². The standard InChI is InChI=1S/C25H24N4O/c1-18-11-13-19(14-12-18)24(30)29-25(28-21-7-3-2-4-8-21)26-16-15-20-17-27-23-10-6-5-9-22(20)23/h2-14,17,27H,15-16H2,1H3,(H2,26,28,29,30). The lowest BCUT2D eigenvalue weighted by molar-refractivity contribution is 0.0977. The molecule has 0 aliphatic rings. The van der Waals surface area contributed by atoms with Crippen molar-refractivity contribution in [3.05, 3.63) is 102 Å². The minimum Gasteiger partial charge on any atom is -0.361 e. The van der Waals surface area contributed by atoms with E-state index in [1.807, 2.05) is 79.9 Å². The van der Waals surface area contributed by atoms with Crippen LogP contribution in [-0.4, -0.2) is 23.4 Å². The van der Waals surface area contributed by atoms with Crippen molar-refractivity contribution in [2.75, 3.05) is 11.9 Å². The van der Waals surface area contributed by atoms with Gasteiger partial charge in [0.25, 0.3) is 5.91 Å². The molecule has 0 unspecified atom stereocenters. The largest absolute Gasteiger partial charge is 0.361 e. The van der Waals surface area contributed by atoms with Crippen molar-refractivity contribution in [3.8, 4) is 0 Å². The lowest BCUT2D eigenvalue weighted by Gasteiger charge is -2.12. The van der Waals surface area contributed by atoms with Crippen LogP contribution in [0, 0.1) is 6.92 Å². The number of aryl methyl sites for hydroxylation is 1. The van der Waals surface area contributed by atoms with Gasteiger partial charge in [0.15, 0.2) is 0 Å². The summed E-state index contributed by atoms with van der Waals surface area (Å²) in [7, 11) is 0. The first-order chi connectivity index (χ1) is 14.7. The lowest BCUT2D eigenvalue weighted by Crippen LogP contribution is -2.36. The number of fused-ring (bicyclic) bond motifs is 1. The van der Waals surface area contributed by atoms with Gasteiger partial charge in [-0.1, -0.05) is 54.1 Å². The molecule has 5 heteroatoms. The summed E-state index contributed by atoms with van der Waals surface area (Å²) in [5, 5.41) is 7.33. The summed E-state index contributed by atoms with van der Waals surface area (Å²) in [6, 6.07) is 25.4. The van der Waals surface area contributed by atoms with E-state index in [1.165, 1.54) is 10.9 Å². The van der Waals surface area contributed by atoms with Gasteiger partial charge in [-0.05, 0) is 49.2 Å². The Labute approximate surface area is 175 Å². The predicted octanol–water partition coefficient (Wildman–Crippen LogP) is 4.92. The number of aliphatic imine (C=N–C) groups is 1. The van der Waals surface area contributed by atoms with Gasteiger partial charge >= 0.3 is 0 Å². The van der Waals surface area contributed by atoms with Gasteiger partial charge in [-0.15, -0.1) is 0 Å². The minimum absolute atomic E-state index is 0.190. The van der Waals surface area contributed by atoms with E-state index in [0.29, 0.717) is 18.1 Å². The Morgan fingerprint density at radius 2 is 1.67 bits per heavy atom. The number of aromatic amines is 1. The van der Waals surface area contributed by atoms with Crippen molar-refractivity contribution in [2.24, 2.45) is 4.99 Å². The number of anilines is 1. The molecule has 1 amide bonds. The van der Waals surface area contributed by atoms with Crippen LogP contribution in [0.3, 0.4) is 0 Å². The van der Waals surface area contributed by atoms with Crippen molar-refractivity contribution in [1.29, 1.82) is 0 Å². The van der Waals surface area contributed by atoms with E-state index in [4.69, 9.17) is 0 Å². The summed E-state index contributed by atoms with van der Waals surface area (Å²) in [5.41, 5.74) is 4.90. The number of guanidine groups is 1. The zero-order valence-corrected chi connectivity index (χ0v) is 16.9. The topological polar surface area (TPSA) is 69.3 Å². The Hall–Kier alpha value is -3.86. The summed E-state index contributed by atoms with van der Waals surface area (Å²) in [6.45, 7) is 2.54. The molecule has 4 aromatic rings. The Kier molecular flexibility index (Phi) is 5.90. The van der Waals surface area contributed by atoms with Gasteiger partial charge in [-0.2, -0.15) is 0 Å². The fourth-order valence-electron chi connectivity index (χ4n) is 3.28. The Morgan fingerprint density at radius 3 is 2.47 bits per heavy atom. The number of para-hydroxylation sites is 2. The quantitative estimate of drug-likeness (QED) is 0.331. The number of carbonyl (C=O) groups excluding carboxylic acids is 1. The Bertz CT molecular complexity index is 1160. The molecule has 0 fully saturated rings. The third kappa shape index (κ3) is 4.75. The van der Waals surface area contributed by atoms with Crippen LogP contribution < -0.4 is 10.6 Å². The van der Waals surface area contributed by atoms with Gasteiger partial charge in [0.1, 0.15) is 0 Å². The van der Waals surface area contributed by atoms with E-state index >= 15 is 0 Å². The first-order valence-corrected chi connectivity index (χ1v) is 9.98. The van der Waals surface area contributed by atoms with Gasteiger partial charge in [-0.25, -0.2) is 0 Å². The molecular weight excluding hydrogens is 372 g/mol. The summed E-state index contributed by atoms with van der Waals surface area (Å²) < 4.78 is 0. The molecule has 0 radical (unpaired) electrons. The van der Waals surface area contributed by atoms with E-state index in [9.17, 15) is 4.79 Å². The summed E-state index contributed by atoms with van der Waals surface area (Å²) >= 11 is 0. The predicted molar refractivity (Wildman–Crippen MR) is 123 cm³/mol. The molecule has 150 valence electrons. The van der Waals surface area contributed by atoms with Crippen LogP contribution >= 0.6 is 0 Å². The van der Waals surface area contributed by atoms with Crippen molar-refractivity contribution in [1.82, 2.24) is 10.3 Å². The maximum Gasteiger partial charge on any atom is 0.257 e. The van der Waals surface area contributed by atoms with Crippen LogP contribution in [0.15, 0.2) is 90.1 Å². The average molecular weight is 396 g/mol. The third-order valence-corrected chi connectivity index (χ3v) is 4.91. The number of hydrogen-bond acceptors (Lipinski definition) is 2. The second-order valence-corrected chi connectivity index (χ2v) is 7.15. The van der Waals surface area contributed by atoms with Crippen molar-refractivity contribution < 1.29 is 4.79 Å². The zero-order valence-electron chi connectivity index (χ0n) is 16.9. The number of amides is 1. The maximum atomic E-state index is 12.7. The molecule has 1 heterocycles.